The second kappa shape index (κ2) is 5.23. The number of rotatable bonds is 3. The van der Waals surface area contributed by atoms with Gasteiger partial charge in [-0.3, -0.25) is 0 Å². The fourth-order valence-corrected chi connectivity index (χ4v) is 2.63. The molecule has 1 aromatic rings. The maximum atomic E-state index is 13.6. The highest BCUT2D eigenvalue weighted by Gasteiger charge is 2.41. The van der Waals surface area contributed by atoms with Gasteiger partial charge in [0.05, 0.1) is 0 Å². The maximum absolute atomic E-state index is 13.6. The summed E-state index contributed by atoms with van der Waals surface area (Å²) in [6.45, 7) is 0. The van der Waals surface area contributed by atoms with Crippen molar-refractivity contribution in [1.82, 2.24) is 10.6 Å². The van der Waals surface area contributed by atoms with Crippen LogP contribution in [0.5, 0.6) is 0 Å². The molecule has 0 spiro atoms. The van der Waals surface area contributed by atoms with Gasteiger partial charge in [0.15, 0.2) is 0 Å². The summed E-state index contributed by atoms with van der Waals surface area (Å²) in [6, 6.07) is 3.47. The van der Waals surface area contributed by atoms with Gasteiger partial charge in [-0.1, -0.05) is 18.2 Å². The standard InChI is InChI=1S/C15H16F2N2O/c16-9-5-6-11(13(17)7-9)12-8-14(12)19-15(20)18-10-3-1-2-4-10/h1-2,5-7,10,12,14H,3-4,8H2,(H2,18,19,20). The monoisotopic (exact) mass is 278 g/mol. The van der Waals surface area contributed by atoms with Gasteiger partial charge in [-0.2, -0.15) is 0 Å². The van der Waals surface area contributed by atoms with E-state index in [4.69, 9.17) is 0 Å². The van der Waals surface area contributed by atoms with Gasteiger partial charge in [0, 0.05) is 24.1 Å². The molecular weight excluding hydrogens is 262 g/mol. The van der Waals surface area contributed by atoms with Crippen molar-refractivity contribution in [3.63, 3.8) is 0 Å². The van der Waals surface area contributed by atoms with E-state index in [9.17, 15) is 13.6 Å². The summed E-state index contributed by atoms with van der Waals surface area (Å²) in [4.78, 5) is 11.8. The van der Waals surface area contributed by atoms with Crippen LogP contribution in [0.25, 0.3) is 0 Å². The fraction of sp³-hybridized carbons (Fsp3) is 0.400. The number of urea groups is 1. The second-order valence-electron chi connectivity index (χ2n) is 5.37. The first-order valence-electron chi connectivity index (χ1n) is 6.80. The van der Waals surface area contributed by atoms with E-state index in [1.54, 1.807) is 0 Å². The number of halogens is 2. The van der Waals surface area contributed by atoms with E-state index in [0.29, 0.717) is 12.0 Å². The third-order valence-corrected chi connectivity index (χ3v) is 3.81. The van der Waals surface area contributed by atoms with Crippen molar-refractivity contribution in [2.24, 2.45) is 0 Å². The third-order valence-electron chi connectivity index (χ3n) is 3.81. The molecule has 5 heteroatoms. The van der Waals surface area contributed by atoms with E-state index in [0.717, 1.165) is 18.9 Å². The van der Waals surface area contributed by atoms with Crippen molar-refractivity contribution in [3.05, 3.63) is 47.5 Å². The van der Waals surface area contributed by atoms with E-state index < -0.39 is 11.6 Å². The summed E-state index contributed by atoms with van der Waals surface area (Å²) in [5.74, 6) is -1.18. The quantitative estimate of drug-likeness (QED) is 0.820. The Bertz CT molecular complexity index is 551. The molecule has 3 rings (SSSR count). The number of nitrogens with one attached hydrogen (secondary N) is 2. The number of hydrogen-bond donors (Lipinski definition) is 2. The van der Waals surface area contributed by atoms with Crippen LogP contribution in [0.15, 0.2) is 30.4 Å². The fourth-order valence-electron chi connectivity index (χ4n) is 2.63. The Balaban J connectivity index is 1.52. The van der Waals surface area contributed by atoms with Gasteiger partial charge in [-0.25, -0.2) is 13.6 Å². The average Bonchev–Trinajstić information content (AvgIpc) is 2.93. The molecule has 0 aliphatic heterocycles. The van der Waals surface area contributed by atoms with Gasteiger partial charge in [0.1, 0.15) is 11.6 Å². The van der Waals surface area contributed by atoms with Crippen LogP contribution in [0, 0.1) is 11.6 Å². The first kappa shape index (κ1) is 13.1. The van der Waals surface area contributed by atoms with E-state index >= 15 is 0 Å². The lowest BCUT2D eigenvalue weighted by atomic mass is 10.1. The Hall–Kier alpha value is -1.91. The zero-order valence-corrected chi connectivity index (χ0v) is 10.9. The lowest BCUT2D eigenvalue weighted by Gasteiger charge is -2.13. The van der Waals surface area contributed by atoms with Crippen molar-refractivity contribution in [2.75, 3.05) is 0 Å². The number of carbonyl (C=O) groups excluding carboxylic acids is 1. The molecule has 2 atom stereocenters. The molecule has 2 amide bonds. The number of amides is 2. The second-order valence-corrected chi connectivity index (χ2v) is 5.37. The third kappa shape index (κ3) is 2.81. The normalized spacial score (nSPS) is 24.7. The SMILES string of the molecule is O=C(NC1CC=CC1)NC1CC1c1ccc(F)cc1F. The highest BCUT2D eigenvalue weighted by Crippen LogP contribution is 2.41. The lowest BCUT2D eigenvalue weighted by Crippen LogP contribution is -2.42. The largest absolute Gasteiger partial charge is 0.335 e. The van der Waals surface area contributed by atoms with Gasteiger partial charge in [0.2, 0.25) is 0 Å². The molecule has 0 saturated heterocycles. The molecule has 0 aromatic heterocycles. The Morgan fingerprint density at radius 2 is 1.90 bits per heavy atom. The van der Waals surface area contributed by atoms with E-state index in [1.165, 1.54) is 12.1 Å². The molecule has 3 nitrogen and oxygen atoms in total. The minimum Gasteiger partial charge on any atom is -0.335 e. The minimum atomic E-state index is -0.581. The topological polar surface area (TPSA) is 41.1 Å². The highest BCUT2D eigenvalue weighted by molar-refractivity contribution is 5.75. The predicted octanol–water partition coefficient (Wildman–Crippen LogP) is 2.84. The summed E-state index contributed by atoms with van der Waals surface area (Å²) in [5, 5.41) is 5.71. The van der Waals surface area contributed by atoms with Crippen molar-refractivity contribution in [1.29, 1.82) is 0 Å². The molecule has 2 unspecified atom stereocenters. The first-order chi connectivity index (χ1) is 9.63. The number of hydrogen-bond acceptors (Lipinski definition) is 1. The zero-order chi connectivity index (χ0) is 14.1. The number of carbonyl (C=O) groups is 1. The summed E-state index contributed by atoms with van der Waals surface area (Å²) >= 11 is 0. The molecule has 2 aliphatic rings. The summed E-state index contributed by atoms with van der Waals surface area (Å²) < 4.78 is 26.4. The average molecular weight is 278 g/mol. The predicted molar refractivity (Wildman–Crippen MR) is 71.3 cm³/mol. The van der Waals surface area contributed by atoms with E-state index in [1.807, 2.05) is 12.2 Å². The van der Waals surface area contributed by atoms with Crippen LogP contribution in [0.1, 0.15) is 30.7 Å². The van der Waals surface area contributed by atoms with Crippen molar-refractivity contribution < 1.29 is 13.6 Å². The van der Waals surface area contributed by atoms with E-state index in [-0.39, 0.29) is 24.0 Å². The van der Waals surface area contributed by atoms with Gasteiger partial charge in [-0.05, 0) is 30.9 Å². The molecule has 20 heavy (non-hydrogen) atoms. The van der Waals surface area contributed by atoms with Gasteiger partial charge in [0.25, 0.3) is 0 Å². The van der Waals surface area contributed by atoms with Crippen molar-refractivity contribution >= 4 is 6.03 Å². The molecule has 1 saturated carbocycles. The van der Waals surface area contributed by atoms with Crippen LogP contribution in [-0.2, 0) is 0 Å². The van der Waals surface area contributed by atoms with Crippen molar-refractivity contribution in [2.45, 2.75) is 37.3 Å². The molecule has 1 aromatic carbocycles. The van der Waals surface area contributed by atoms with Crippen LogP contribution in [0.4, 0.5) is 13.6 Å². The van der Waals surface area contributed by atoms with Crippen LogP contribution in [0.3, 0.4) is 0 Å². The molecule has 1 fully saturated rings. The van der Waals surface area contributed by atoms with Crippen LogP contribution < -0.4 is 10.6 Å². The molecule has 0 bridgehead atoms. The molecular formula is C15H16F2N2O. The van der Waals surface area contributed by atoms with Gasteiger partial charge in [-0.15, -0.1) is 0 Å². The van der Waals surface area contributed by atoms with Gasteiger partial charge < -0.3 is 10.6 Å². The van der Waals surface area contributed by atoms with Gasteiger partial charge >= 0.3 is 6.03 Å². The van der Waals surface area contributed by atoms with Crippen LogP contribution >= 0.6 is 0 Å². The molecule has 2 aliphatic carbocycles. The summed E-state index contributed by atoms with van der Waals surface area (Å²) in [7, 11) is 0. The minimum absolute atomic E-state index is 0.0527. The molecule has 0 heterocycles. The Labute approximate surface area is 116 Å². The first-order valence-corrected chi connectivity index (χ1v) is 6.80. The summed E-state index contributed by atoms with van der Waals surface area (Å²) in [6.07, 6.45) is 6.48. The molecule has 2 N–H and O–H groups in total. The molecule has 106 valence electrons. The van der Waals surface area contributed by atoms with E-state index in [2.05, 4.69) is 10.6 Å². The smallest absolute Gasteiger partial charge is 0.315 e. The Morgan fingerprint density at radius 1 is 1.15 bits per heavy atom. The Morgan fingerprint density at radius 3 is 2.60 bits per heavy atom. The zero-order valence-electron chi connectivity index (χ0n) is 10.9. The number of benzene rings is 1. The highest BCUT2D eigenvalue weighted by atomic mass is 19.1. The lowest BCUT2D eigenvalue weighted by molar-refractivity contribution is 0.237. The molecule has 0 radical (unpaired) electrons. The van der Waals surface area contributed by atoms with Crippen LogP contribution in [0.2, 0.25) is 0 Å². The Kier molecular flexibility index (Phi) is 3.42. The van der Waals surface area contributed by atoms with Crippen LogP contribution in [-0.4, -0.2) is 18.1 Å². The maximum Gasteiger partial charge on any atom is 0.315 e. The van der Waals surface area contributed by atoms with Crippen molar-refractivity contribution in [3.8, 4) is 0 Å². The summed E-state index contributed by atoms with van der Waals surface area (Å²) in [5.41, 5.74) is 0.472.